The van der Waals surface area contributed by atoms with Crippen LogP contribution in [0.4, 0.5) is 13.2 Å². The zero-order valence-electron chi connectivity index (χ0n) is 15.2. The molecule has 3 rings (SSSR count). The predicted octanol–water partition coefficient (Wildman–Crippen LogP) is 4.12. The maximum absolute atomic E-state index is 12.9. The van der Waals surface area contributed by atoms with E-state index in [9.17, 15) is 27.9 Å². The molecule has 1 unspecified atom stereocenters. The van der Waals surface area contributed by atoms with E-state index in [0.29, 0.717) is 22.0 Å². The SMILES string of the molecule is COc1cccc2s/c(=N\C(=O)c3cccc(C(F)(F)F)c3)n(C(C)C(=O)O)c12. The number of alkyl halides is 3. The molecular formula is C19H15F3N2O4S. The summed E-state index contributed by atoms with van der Waals surface area (Å²) in [5.74, 6) is -1.68. The van der Waals surface area contributed by atoms with Crippen molar-refractivity contribution in [3.63, 3.8) is 0 Å². The maximum atomic E-state index is 12.9. The van der Waals surface area contributed by atoms with Gasteiger partial charge in [0, 0.05) is 5.56 Å². The fraction of sp³-hybridized carbons (Fsp3) is 0.211. The van der Waals surface area contributed by atoms with Crippen LogP contribution in [0.5, 0.6) is 5.75 Å². The van der Waals surface area contributed by atoms with Crippen LogP contribution >= 0.6 is 11.3 Å². The lowest BCUT2D eigenvalue weighted by molar-refractivity contribution is -0.140. The summed E-state index contributed by atoms with van der Waals surface area (Å²) in [6.07, 6.45) is -4.60. The van der Waals surface area contributed by atoms with Gasteiger partial charge in [0.2, 0.25) is 0 Å². The molecule has 1 atom stereocenters. The highest BCUT2D eigenvalue weighted by atomic mass is 32.1. The van der Waals surface area contributed by atoms with E-state index in [0.717, 1.165) is 23.5 Å². The van der Waals surface area contributed by atoms with Crippen LogP contribution in [0.3, 0.4) is 0 Å². The number of benzene rings is 2. The van der Waals surface area contributed by atoms with Gasteiger partial charge in [0.05, 0.1) is 17.4 Å². The van der Waals surface area contributed by atoms with Crippen LogP contribution in [0, 0.1) is 0 Å². The minimum Gasteiger partial charge on any atom is -0.495 e. The van der Waals surface area contributed by atoms with Crippen LogP contribution in [0.15, 0.2) is 47.5 Å². The Hall–Kier alpha value is -3.14. The molecule has 10 heteroatoms. The van der Waals surface area contributed by atoms with Crippen LogP contribution < -0.4 is 9.54 Å². The van der Waals surface area contributed by atoms with Gasteiger partial charge in [-0.2, -0.15) is 18.2 Å². The number of rotatable bonds is 4. The monoisotopic (exact) mass is 424 g/mol. The number of amides is 1. The number of carbonyl (C=O) groups excluding carboxylic acids is 1. The summed E-state index contributed by atoms with van der Waals surface area (Å²) in [5, 5.41) is 9.47. The Morgan fingerprint density at radius 2 is 1.90 bits per heavy atom. The van der Waals surface area contributed by atoms with Gasteiger partial charge < -0.3 is 9.84 Å². The number of hydrogen-bond donors (Lipinski definition) is 1. The van der Waals surface area contributed by atoms with Gasteiger partial charge in [0.1, 0.15) is 17.3 Å². The average Bonchev–Trinajstić information content (AvgIpc) is 3.04. The number of aromatic nitrogens is 1. The highest BCUT2D eigenvalue weighted by Gasteiger charge is 2.31. The topological polar surface area (TPSA) is 80.9 Å². The molecule has 0 bridgehead atoms. The third-order valence-electron chi connectivity index (χ3n) is 4.21. The molecule has 2 aromatic carbocycles. The molecule has 0 fully saturated rings. The Morgan fingerprint density at radius 3 is 2.52 bits per heavy atom. The van der Waals surface area contributed by atoms with Crippen molar-refractivity contribution in [3.8, 4) is 5.75 Å². The molecule has 3 aromatic rings. The van der Waals surface area contributed by atoms with Gasteiger partial charge in [-0.1, -0.05) is 23.5 Å². The highest BCUT2D eigenvalue weighted by Crippen LogP contribution is 2.31. The molecule has 1 aromatic heterocycles. The normalized spacial score (nSPS) is 13.5. The van der Waals surface area contributed by atoms with E-state index in [1.165, 1.54) is 24.7 Å². The Labute approximate surface area is 166 Å². The number of carboxylic acid groups (broad SMARTS) is 1. The zero-order chi connectivity index (χ0) is 21.3. The number of halogens is 3. The smallest absolute Gasteiger partial charge is 0.416 e. The highest BCUT2D eigenvalue weighted by molar-refractivity contribution is 7.16. The first kappa shape index (κ1) is 20.6. The second-order valence-electron chi connectivity index (χ2n) is 6.07. The van der Waals surface area contributed by atoms with Crippen LogP contribution in [0.25, 0.3) is 10.2 Å². The zero-order valence-corrected chi connectivity index (χ0v) is 16.0. The number of para-hydroxylation sites is 1. The molecule has 0 aliphatic heterocycles. The summed E-state index contributed by atoms with van der Waals surface area (Å²) in [4.78, 5) is 28.1. The number of nitrogens with zero attached hydrogens (tertiary/aromatic N) is 2. The number of carbonyl (C=O) groups is 2. The van der Waals surface area contributed by atoms with Gasteiger partial charge in [-0.05, 0) is 37.3 Å². The van der Waals surface area contributed by atoms with Gasteiger partial charge in [0.25, 0.3) is 5.91 Å². The summed E-state index contributed by atoms with van der Waals surface area (Å²) in [6.45, 7) is 1.41. The first-order valence-corrected chi connectivity index (χ1v) is 9.12. The van der Waals surface area contributed by atoms with Crippen molar-refractivity contribution < 1.29 is 32.6 Å². The lowest BCUT2D eigenvalue weighted by atomic mass is 10.1. The van der Waals surface area contributed by atoms with E-state index in [-0.39, 0.29) is 10.4 Å². The fourth-order valence-electron chi connectivity index (χ4n) is 2.76. The van der Waals surface area contributed by atoms with Gasteiger partial charge in [0.15, 0.2) is 4.80 Å². The molecule has 1 amide bonds. The summed E-state index contributed by atoms with van der Waals surface area (Å²) in [7, 11) is 1.42. The van der Waals surface area contributed by atoms with E-state index in [1.54, 1.807) is 18.2 Å². The second kappa shape index (κ2) is 7.70. The lowest BCUT2D eigenvalue weighted by Crippen LogP contribution is -2.26. The third kappa shape index (κ3) is 4.02. The Bertz CT molecular complexity index is 1160. The molecule has 0 spiro atoms. The van der Waals surface area contributed by atoms with Crippen LogP contribution in [0.1, 0.15) is 28.9 Å². The van der Waals surface area contributed by atoms with Crippen molar-refractivity contribution in [2.24, 2.45) is 4.99 Å². The molecule has 152 valence electrons. The van der Waals surface area contributed by atoms with E-state index in [2.05, 4.69) is 4.99 Å². The van der Waals surface area contributed by atoms with Gasteiger partial charge in [-0.15, -0.1) is 0 Å². The summed E-state index contributed by atoms with van der Waals surface area (Å²) in [5.41, 5.74) is -0.785. The van der Waals surface area contributed by atoms with Gasteiger partial charge >= 0.3 is 12.1 Å². The minimum absolute atomic E-state index is 0.0433. The molecule has 0 aliphatic rings. The number of fused-ring (bicyclic) bond motifs is 1. The van der Waals surface area contributed by atoms with Crippen LogP contribution in [0.2, 0.25) is 0 Å². The average molecular weight is 424 g/mol. The number of aliphatic carboxylic acids is 1. The van der Waals surface area contributed by atoms with Crippen molar-refractivity contribution in [1.82, 2.24) is 4.57 Å². The molecule has 1 N–H and O–H groups in total. The number of hydrogen-bond acceptors (Lipinski definition) is 4. The third-order valence-corrected chi connectivity index (χ3v) is 5.23. The number of methoxy groups -OCH3 is 1. The fourth-order valence-corrected chi connectivity index (χ4v) is 3.87. The quantitative estimate of drug-likeness (QED) is 0.683. The van der Waals surface area contributed by atoms with Crippen molar-refractivity contribution in [2.45, 2.75) is 19.1 Å². The Morgan fingerprint density at radius 1 is 1.21 bits per heavy atom. The molecule has 0 saturated heterocycles. The Balaban J connectivity index is 2.21. The second-order valence-corrected chi connectivity index (χ2v) is 7.08. The van der Waals surface area contributed by atoms with E-state index < -0.39 is 29.7 Å². The molecule has 0 radical (unpaired) electrons. The largest absolute Gasteiger partial charge is 0.495 e. The van der Waals surface area contributed by atoms with Crippen LogP contribution in [-0.4, -0.2) is 28.7 Å². The summed E-state index contributed by atoms with van der Waals surface area (Å²) < 4.78 is 46.0. The molecule has 1 heterocycles. The summed E-state index contributed by atoms with van der Waals surface area (Å²) in [6, 6.07) is 7.87. The van der Waals surface area contributed by atoms with Gasteiger partial charge in [-0.3, -0.25) is 9.36 Å². The molecule has 29 heavy (non-hydrogen) atoms. The van der Waals surface area contributed by atoms with E-state index in [4.69, 9.17) is 4.74 Å². The minimum atomic E-state index is -4.60. The number of carboxylic acids is 1. The van der Waals surface area contributed by atoms with Crippen molar-refractivity contribution in [2.75, 3.05) is 7.11 Å². The first-order valence-electron chi connectivity index (χ1n) is 8.30. The van der Waals surface area contributed by atoms with Crippen molar-refractivity contribution in [1.29, 1.82) is 0 Å². The maximum Gasteiger partial charge on any atom is 0.416 e. The van der Waals surface area contributed by atoms with Gasteiger partial charge in [-0.25, -0.2) is 4.79 Å². The van der Waals surface area contributed by atoms with Crippen LogP contribution in [-0.2, 0) is 11.0 Å². The van der Waals surface area contributed by atoms with Crippen molar-refractivity contribution in [3.05, 3.63) is 58.4 Å². The number of ether oxygens (including phenoxy) is 1. The molecular weight excluding hydrogens is 409 g/mol. The first-order chi connectivity index (χ1) is 13.6. The predicted molar refractivity (Wildman–Crippen MR) is 100 cm³/mol. The molecule has 0 saturated carbocycles. The standard InChI is InChI=1S/C19H15F3N2O4S/c1-10(17(26)27)24-15-13(28-2)7-4-8-14(15)29-18(24)23-16(25)11-5-3-6-12(9-11)19(20,21)22/h3-10H,1-2H3,(H,26,27)/b23-18-. The van der Waals surface area contributed by atoms with E-state index in [1.807, 2.05) is 0 Å². The lowest BCUT2D eigenvalue weighted by Gasteiger charge is -2.12. The van der Waals surface area contributed by atoms with E-state index >= 15 is 0 Å². The molecule has 0 aliphatic carbocycles. The summed E-state index contributed by atoms with van der Waals surface area (Å²) >= 11 is 1.04. The molecule has 6 nitrogen and oxygen atoms in total. The number of thiazole rings is 1. The van der Waals surface area contributed by atoms with Crippen molar-refractivity contribution >= 4 is 33.4 Å². The Kier molecular flexibility index (Phi) is 5.47.